The van der Waals surface area contributed by atoms with Crippen molar-refractivity contribution in [2.45, 2.75) is 89.9 Å². The average Bonchev–Trinajstić information content (AvgIpc) is 3.69. The van der Waals surface area contributed by atoms with E-state index in [4.69, 9.17) is 4.74 Å². The number of nitrogens with zero attached hydrogens (tertiary/aromatic N) is 1. The Labute approximate surface area is 312 Å². The van der Waals surface area contributed by atoms with E-state index in [0.29, 0.717) is 32.4 Å². The molecule has 3 N–H and O–H groups in total. The number of aliphatic hydroxyl groups is 2. The zero-order valence-corrected chi connectivity index (χ0v) is 31.9. The Kier molecular flexibility index (Phi) is 8.88. The molecule has 1 heterocycles. The molecule has 3 saturated carbocycles. The number of allylic oxidation sites excluding steroid dienone is 4. The fourth-order valence-corrected chi connectivity index (χ4v) is 12.9. The first-order valence-electron chi connectivity index (χ1n) is 19.4. The van der Waals surface area contributed by atoms with Crippen LogP contribution >= 0.6 is 11.3 Å². The number of ether oxygens (including phenoxy) is 1. The summed E-state index contributed by atoms with van der Waals surface area (Å²) in [7, 11) is 1.67. The van der Waals surface area contributed by atoms with Crippen LogP contribution in [0.4, 0.5) is 4.79 Å². The van der Waals surface area contributed by atoms with Gasteiger partial charge in [0.25, 0.3) is 0 Å². The van der Waals surface area contributed by atoms with Gasteiger partial charge in [-0.15, -0.1) is 11.3 Å². The lowest BCUT2D eigenvalue weighted by Crippen LogP contribution is -2.67. The Morgan fingerprint density at radius 1 is 0.981 bits per heavy atom. The van der Waals surface area contributed by atoms with Gasteiger partial charge in [-0.3, -0.25) is 4.79 Å². The molecule has 276 valence electrons. The number of carbonyl (C=O) groups is 2. The van der Waals surface area contributed by atoms with Crippen LogP contribution in [0.15, 0.2) is 84.5 Å². The molecule has 2 spiro atoms. The quantitative estimate of drug-likeness (QED) is 0.111. The van der Waals surface area contributed by atoms with Crippen molar-refractivity contribution in [3.63, 3.8) is 0 Å². The first kappa shape index (κ1) is 35.7. The van der Waals surface area contributed by atoms with E-state index in [1.54, 1.807) is 23.3 Å². The second kappa shape index (κ2) is 12.9. The van der Waals surface area contributed by atoms with Crippen molar-refractivity contribution >= 4 is 33.2 Å². The van der Waals surface area contributed by atoms with Gasteiger partial charge in [-0.2, -0.15) is 0 Å². The highest BCUT2D eigenvalue weighted by molar-refractivity contribution is 7.21. The van der Waals surface area contributed by atoms with Gasteiger partial charge >= 0.3 is 6.03 Å². The number of rotatable bonds is 10. The van der Waals surface area contributed by atoms with Crippen molar-refractivity contribution in [2.75, 3.05) is 26.8 Å². The normalized spacial score (nSPS) is 36.4. The number of benzene rings is 2. The monoisotopic (exact) mass is 722 g/mol. The molecule has 2 amide bonds. The number of Topliss-reactive ketones (excluding diaryl/α,β-unsaturated/α-hetero) is 1. The van der Waals surface area contributed by atoms with Crippen molar-refractivity contribution < 1.29 is 24.5 Å². The number of urea groups is 1. The minimum absolute atomic E-state index is 0.0127. The standard InChI is InChI=1S/C44H54N2O5S/c1-29(30-11-6-5-7-12-30)45-39(49)46(23-10-24-51-4)28-43(50)20-17-37-41(43,3)19-16-36-40(2)18-15-32(47)26-42(40)21-22-44(36,37)33(27-42)38(48)35-25-31-13-8-9-14-34(31)52-35/h5-9,11-14,21-22,25,27,29,32,36-37,47,50H,10,15-20,23-24,26,28H2,1-4H3,(H,45,49)/t29-,32?,36-,37-,40-,41+,42+,43-,44-/m1/s1. The molecule has 9 atom stereocenters. The summed E-state index contributed by atoms with van der Waals surface area (Å²) in [6, 6.07) is 19.8. The van der Waals surface area contributed by atoms with Crippen LogP contribution in [0, 0.1) is 33.5 Å². The summed E-state index contributed by atoms with van der Waals surface area (Å²) in [6.07, 6.45) is 12.6. The van der Waals surface area contributed by atoms with Crippen LogP contribution in [-0.4, -0.2) is 65.4 Å². The number of amides is 2. The summed E-state index contributed by atoms with van der Waals surface area (Å²) in [5.74, 6) is 0.315. The predicted molar refractivity (Wildman–Crippen MR) is 206 cm³/mol. The Hall–Kier alpha value is -3.30. The van der Waals surface area contributed by atoms with Gasteiger partial charge in [0.2, 0.25) is 0 Å². The molecule has 3 fully saturated rings. The van der Waals surface area contributed by atoms with E-state index in [1.165, 1.54) is 0 Å². The first-order valence-corrected chi connectivity index (χ1v) is 20.2. The van der Waals surface area contributed by atoms with E-state index >= 15 is 4.79 Å². The molecule has 52 heavy (non-hydrogen) atoms. The molecule has 3 aromatic rings. The molecule has 2 bridgehead atoms. The number of hydrogen-bond acceptors (Lipinski definition) is 6. The lowest BCUT2D eigenvalue weighted by Gasteiger charge is -2.71. The van der Waals surface area contributed by atoms with Gasteiger partial charge < -0.3 is 25.2 Å². The lowest BCUT2D eigenvalue weighted by atomic mass is 9.32. The predicted octanol–water partition coefficient (Wildman–Crippen LogP) is 8.48. The number of ketones is 1. The third-order valence-corrected chi connectivity index (χ3v) is 15.9. The summed E-state index contributed by atoms with van der Waals surface area (Å²) in [5.41, 5.74) is -0.827. The molecular formula is C44H54N2O5S. The number of thiophene rings is 1. The largest absolute Gasteiger partial charge is 0.393 e. The van der Waals surface area contributed by atoms with E-state index in [0.717, 1.165) is 58.2 Å². The van der Waals surface area contributed by atoms with Gasteiger partial charge in [0.1, 0.15) is 0 Å². The smallest absolute Gasteiger partial charge is 0.317 e. The number of hydrogen-bond donors (Lipinski definition) is 3. The van der Waals surface area contributed by atoms with Gasteiger partial charge in [0.05, 0.1) is 29.2 Å². The topological polar surface area (TPSA) is 99.1 Å². The Morgan fingerprint density at radius 2 is 1.69 bits per heavy atom. The second-order valence-electron chi connectivity index (χ2n) is 17.1. The van der Waals surface area contributed by atoms with Gasteiger partial charge in [-0.25, -0.2) is 4.79 Å². The Bertz CT molecular complexity index is 1890. The highest BCUT2D eigenvalue weighted by Crippen LogP contribution is 2.78. The van der Waals surface area contributed by atoms with E-state index in [2.05, 4.69) is 49.5 Å². The molecule has 6 aliphatic rings. The van der Waals surface area contributed by atoms with Crippen molar-refractivity contribution in [3.05, 3.63) is 94.9 Å². The van der Waals surface area contributed by atoms with Crippen LogP contribution in [0.1, 0.15) is 93.4 Å². The molecule has 6 aliphatic carbocycles. The summed E-state index contributed by atoms with van der Waals surface area (Å²) < 4.78 is 6.48. The number of fused-ring (bicyclic) bond motifs is 2. The van der Waals surface area contributed by atoms with Gasteiger partial charge in [0.15, 0.2) is 5.78 Å². The van der Waals surface area contributed by atoms with Gasteiger partial charge in [-0.05, 0) is 98.6 Å². The zero-order chi connectivity index (χ0) is 36.5. The maximum Gasteiger partial charge on any atom is 0.317 e. The number of nitrogens with one attached hydrogen (secondary N) is 1. The van der Waals surface area contributed by atoms with E-state index in [-0.39, 0.29) is 47.1 Å². The third kappa shape index (κ3) is 5.22. The molecule has 7 nitrogen and oxygen atoms in total. The van der Waals surface area contributed by atoms with E-state index in [9.17, 15) is 15.0 Å². The molecule has 9 rings (SSSR count). The van der Waals surface area contributed by atoms with Crippen molar-refractivity contribution in [1.29, 1.82) is 0 Å². The number of aliphatic hydroxyl groups excluding tert-OH is 1. The summed E-state index contributed by atoms with van der Waals surface area (Å²) in [4.78, 5) is 31.7. The fourth-order valence-electron chi connectivity index (χ4n) is 11.9. The highest BCUT2D eigenvalue weighted by Gasteiger charge is 2.74. The van der Waals surface area contributed by atoms with Crippen LogP contribution < -0.4 is 5.32 Å². The van der Waals surface area contributed by atoms with Gasteiger partial charge in [-0.1, -0.05) is 80.6 Å². The van der Waals surface area contributed by atoms with E-state index in [1.807, 2.05) is 55.5 Å². The van der Waals surface area contributed by atoms with Crippen LogP contribution in [0.5, 0.6) is 0 Å². The minimum atomic E-state index is -1.15. The average molecular weight is 723 g/mol. The minimum Gasteiger partial charge on any atom is -0.393 e. The molecule has 0 saturated heterocycles. The molecular weight excluding hydrogens is 669 g/mol. The summed E-state index contributed by atoms with van der Waals surface area (Å²) in [6.45, 7) is 7.86. The SMILES string of the molecule is COCCCN(C[C@]1(O)CC[C@H]2[C@]34C=C[C@@]5(C=C3C(=O)c3cc6ccccc6s3)CC(O)CC[C@]5(C)[C@H]4CC[C@@]21C)C(=O)N[C@H](C)c1ccccc1. The third-order valence-electron chi connectivity index (χ3n) is 14.8. The first-order chi connectivity index (χ1) is 24.9. The lowest BCUT2D eigenvalue weighted by molar-refractivity contribution is -0.174. The fraction of sp³-hybridized carbons (Fsp3) is 0.545. The molecule has 1 unspecified atom stereocenters. The second-order valence-corrected chi connectivity index (χ2v) is 18.2. The molecule has 1 aromatic heterocycles. The Balaban J connectivity index is 1.17. The van der Waals surface area contributed by atoms with Crippen LogP contribution in [0.2, 0.25) is 0 Å². The van der Waals surface area contributed by atoms with Crippen LogP contribution in [0.25, 0.3) is 10.1 Å². The maximum absolute atomic E-state index is 15.1. The Morgan fingerprint density at radius 3 is 2.46 bits per heavy atom. The summed E-state index contributed by atoms with van der Waals surface area (Å²) in [5, 5.41) is 28.4. The van der Waals surface area contributed by atoms with Crippen LogP contribution in [0.3, 0.4) is 0 Å². The van der Waals surface area contributed by atoms with Crippen molar-refractivity contribution in [1.82, 2.24) is 10.2 Å². The van der Waals surface area contributed by atoms with Gasteiger partial charge in [0, 0.05) is 46.8 Å². The summed E-state index contributed by atoms with van der Waals surface area (Å²) >= 11 is 1.56. The molecule has 0 aliphatic heterocycles. The maximum atomic E-state index is 15.1. The molecule has 8 heteroatoms. The van der Waals surface area contributed by atoms with E-state index < -0.39 is 22.5 Å². The highest BCUT2D eigenvalue weighted by atomic mass is 32.1. The van der Waals surface area contributed by atoms with Crippen molar-refractivity contribution in [3.8, 4) is 0 Å². The van der Waals surface area contributed by atoms with Crippen LogP contribution in [-0.2, 0) is 4.74 Å². The number of methoxy groups -OCH3 is 1. The molecule has 2 aromatic carbocycles. The van der Waals surface area contributed by atoms with Crippen molar-refractivity contribution in [2.24, 2.45) is 33.5 Å². The molecule has 0 radical (unpaired) electrons. The zero-order valence-electron chi connectivity index (χ0n) is 31.1. The number of carbonyl (C=O) groups excluding carboxylic acids is 2.